The fourth-order valence-corrected chi connectivity index (χ4v) is 0.238. The molecular weight excluding hydrogens is 92.1 g/mol. The minimum absolute atomic E-state index is 0.125. The highest BCUT2D eigenvalue weighted by atomic mass is 15.3. The second-order valence-electron chi connectivity index (χ2n) is 0.895. The molecule has 1 rings (SSSR count). The Labute approximate surface area is 40.2 Å². The molecule has 0 aromatic heterocycles. The van der Waals surface area contributed by atoms with E-state index in [0.717, 1.165) is 0 Å². The Bertz CT molecular complexity index is 160. The standard InChI is InChI=1S/C3HN4/c4-1-3-5-2-6-7-3/h2H. The Hall–Kier alpha value is -1.37. The summed E-state index contributed by atoms with van der Waals surface area (Å²) in [6, 6.07) is 1.72. The molecule has 1 aliphatic rings. The molecule has 1 heterocycles. The third kappa shape index (κ3) is 0.550. The Balaban J connectivity index is 2.67. The maximum Gasteiger partial charge on any atom is 0.254 e. The molecule has 1 radical (unpaired) electrons. The van der Waals surface area contributed by atoms with Crippen LogP contribution in [0.3, 0.4) is 0 Å². The van der Waals surface area contributed by atoms with Crippen LogP contribution < -0.4 is 5.32 Å². The number of rotatable bonds is 0. The quantitative estimate of drug-likeness (QED) is 0.397. The van der Waals surface area contributed by atoms with Crippen LogP contribution in [0, 0.1) is 11.3 Å². The van der Waals surface area contributed by atoms with Gasteiger partial charge in [0.2, 0.25) is 0 Å². The summed E-state index contributed by atoms with van der Waals surface area (Å²) in [6.07, 6.45) is 1.23. The van der Waals surface area contributed by atoms with E-state index in [9.17, 15) is 0 Å². The molecule has 0 aliphatic carbocycles. The first-order valence-corrected chi connectivity index (χ1v) is 1.64. The van der Waals surface area contributed by atoms with E-state index >= 15 is 0 Å². The van der Waals surface area contributed by atoms with E-state index in [4.69, 9.17) is 5.26 Å². The largest absolute Gasteiger partial charge is 0.254 e. The van der Waals surface area contributed by atoms with Gasteiger partial charge in [-0.1, -0.05) is 0 Å². The Kier molecular flexibility index (Phi) is 0.755. The first kappa shape index (κ1) is 3.81. The third-order valence-electron chi connectivity index (χ3n) is 0.484. The predicted molar refractivity (Wildman–Crippen MR) is 23.7 cm³/mol. The van der Waals surface area contributed by atoms with Gasteiger partial charge in [0.25, 0.3) is 5.84 Å². The summed E-state index contributed by atoms with van der Waals surface area (Å²) in [4.78, 5) is 0. The normalized spacial score (nSPS) is 15.0. The molecule has 0 N–H and O–H groups in total. The fourth-order valence-electron chi connectivity index (χ4n) is 0.238. The van der Waals surface area contributed by atoms with Gasteiger partial charge in [-0.05, 0) is 0 Å². The van der Waals surface area contributed by atoms with E-state index in [-0.39, 0.29) is 5.84 Å². The number of amidine groups is 1. The van der Waals surface area contributed by atoms with Crippen molar-refractivity contribution in [3.63, 3.8) is 0 Å². The summed E-state index contributed by atoms with van der Waals surface area (Å²) in [5.41, 5.74) is 0. The van der Waals surface area contributed by atoms with Crippen molar-refractivity contribution in [3.8, 4) is 6.07 Å². The molecular formula is C3HN4. The van der Waals surface area contributed by atoms with Crippen LogP contribution in [-0.4, -0.2) is 12.2 Å². The second kappa shape index (κ2) is 1.39. The van der Waals surface area contributed by atoms with E-state index in [1.54, 1.807) is 6.07 Å². The van der Waals surface area contributed by atoms with E-state index in [1.807, 2.05) is 0 Å². The molecule has 0 aromatic rings. The van der Waals surface area contributed by atoms with E-state index < -0.39 is 0 Å². The number of hydrogen-bond donors (Lipinski definition) is 0. The van der Waals surface area contributed by atoms with Crippen LogP contribution in [0.5, 0.6) is 0 Å². The van der Waals surface area contributed by atoms with E-state index in [0.29, 0.717) is 0 Å². The minimum Gasteiger partial charge on any atom is -0.204 e. The van der Waals surface area contributed by atoms with Gasteiger partial charge in [0.05, 0.1) is 0 Å². The Morgan fingerprint density at radius 3 is 2.86 bits per heavy atom. The summed E-state index contributed by atoms with van der Waals surface area (Å²) in [5.74, 6) is 0.125. The summed E-state index contributed by atoms with van der Waals surface area (Å²) in [7, 11) is 0. The molecule has 0 unspecified atom stereocenters. The third-order valence-corrected chi connectivity index (χ3v) is 0.484. The number of hydrogen-bond acceptors (Lipinski definition) is 3. The molecule has 7 heavy (non-hydrogen) atoms. The fraction of sp³-hybridized carbons (Fsp3) is 0. The monoisotopic (exact) mass is 93.0 g/mol. The average molecular weight is 93.1 g/mol. The lowest BCUT2D eigenvalue weighted by molar-refractivity contribution is 1.28. The summed E-state index contributed by atoms with van der Waals surface area (Å²) >= 11 is 0. The van der Waals surface area contributed by atoms with E-state index in [2.05, 4.69) is 15.5 Å². The lowest BCUT2D eigenvalue weighted by Crippen LogP contribution is -2.04. The average Bonchev–Trinajstić information content (AvgIpc) is 2.14. The van der Waals surface area contributed by atoms with Gasteiger partial charge < -0.3 is 0 Å². The highest BCUT2D eigenvalue weighted by Crippen LogP contribution is 1.80. The first-order valence-electron chi connectivity index (χ1n) is 1.64. The molecule has 0 amide bonds. The molecule has 0 spiro atoms. The summed E-state index contributed by atoms with van der Waals surface area (Å²) < 4.78 is 0. The maximum absolute atomic E-state index is 8.01. The lowest BCUT2D eigenvalue weighted by Gasteiger charge is -1.71. The molecule has 0 saturated carbocycles. The van der Waals surface area contributed by atoms with Crippen LogP contribution in [0.2, 0.25) is 0 Å². The zero-order valence-corrected chi connectivity index (χ0v) is 3.37. The summed E-state index contributed by atoms with van der Waals surface area (Å²) in [5, 5.41) is 18.1. The zero-order chi connectivity index (χ0) is 5.11. The highest BCUT2D eigenvalue weighted by Gasteiger charge is 1.97. The smallest absolute Gasteiger partial charge is 0.204 e. The lowest BCUT2D eigenvalue weighted by atomic mass is 10.7. The van der Waals surface area contributed by atoms with Gasteiger partial charge in [0, 0.05) is 0 Å². The van der Waals surface area contributed by atoms with Gasteiger partial charge in [-0.3, -0.25) is 0 Å². The zero-order valence-electron chi connectivity index (χ0n) is 3.37. The van der Waals surface area contributed by atoms with Crippen molar-refractivity contribution in [2.75, 3.05) is 0 Å². The molecule has 4 heteroatoms. The molecule has 33 valence electrons. The van der Waals surface area contributed by atoms with Crippen LogP contribution in [0.25, 0.3) is 0 Å². The van der Waals surface area contributed by atoms with Crippen molar-refractivity contribution >= 4 is 12.2 Å². The predicted octanol–water partition coefficient (Wildman–Crippen LogP) is -0.530. The van der Waals surface area contributed by atoms with E-state index in [1.165, 1.54) is 6.34 Å². The number of nitriles is 1. The van der Waals surface area contributed by atoms with Crippen molar-refractivity contribution in [2.45, 2.75) is 0 Å². The van der Waals surface area contributed by atoms with Crippen LogP contribution in [0.15, 0.2) is 10.2 Å². The molecule has 0 bridgehead atoms. The van der Waals surface area contributed by atoms with Crippen molar-refractivity contribution in [1.29, 1.82) is 5.26 Å². The van der Waals surface area contributed by atoms with Crippen LogP contribution in [0.4, 0.5) is 0 Å². The topological polar surface area (TPSA) is 62.6 Å². The highest BCUT2D eigenvalue weighted by molar-refractivity contribution is 6.04. The molecule has 0 saturated heterocycles. The minimum atomic E-state index is 0.125. The molecule has 4 nitrogen and oxygen atoms in total. The van der Waals surface area contributed by atoms with Crippen LogP contribution in [0.1, 0.15) is 0 Å². The molecule has 1 aliphatic heterocycles. The van der Waals surface area contributed by atoms with Gasteiger partial charge in [-0.15, -0.1) is 10.2 Å². The molecule has 0 fully saturated rings. The maximum atomic E-state index is 8.01. The van der Waals surface area contributed by atoms with Crippen molar-refractivity contribution in [2.24, 2.45) is 10.2 Å². The van der Waals surface area contributed by atoms with Gasteiger partial charge in [-0.2, -0.15) is 5.26 Å². The Morgan fingerprint density at radius 2 is 2.57 bits per heavy atom. The SMILES string of the molecule is N#CC1=NN=C[N]1. The van der Waals surface area contributed by atoms with Crippen LogP contribution in [-0.2, 0) is 0 Å². The second-order valence-corrected chi connectivity index (χ2v) is 0.895. The first-order chi connectivity index (χ1) is 3.43. The van der Waals surface area contributed by atoms with Crippen molar-refractivity contribution in [3.05, 3.63) is 0 Å². The number of nitrogens with zero attached hydrogens (tertiary/aromatic N) is 4. The molecule has 0 atom stereocenters. The van der Waals surface area contributed by atoms with Gasteiger partial charge >= 0.3 is 0 Å². The van der Waals surface area contributed by atoms with Gasteiger partial charge in [-0.25, -0.2) is 5.32 Å². The Morgan fingerprint density at radius 1 is 1.71 bits per heavy atom. The molecule has 0 aromatic carbocycles. The van der Waals surface area contributed by atoms with Gasteiger partial charge in [0.15, 0.2) is 0 Å². The van der Waals surface area contributed by atoms with Gasteiger partial charge in [0.1, 0.15) is 12.4 Å². The van der Waals surface area contributed by atoms with Crippen LogP contribution >= 0.6 is 0 Å². The van der Waals surface area contributed by atoms with Crippen molar-refractivity contribution in [1.82, 2.24) is 5.32 Å². The summed E-state index contributed by atoms with van der Waals surface area (Å²) in [6.45, 7) is 0. The van der Waals surface area contributed by atoms with Crippen molar-refractivity contribution < 1.29 is 0 Å².